The number of carbonyl (C=O) groups is 1. The fourth-order valence-electron chi connectivity index (χ4n) is 2.14. The summed E-state index contributed by atoms with van der Waals surface area (Å²) < 4.78 is 1.75. The molecule has 0 fully saturated rings. The Morgan fingerprint density at radius 3 is 2.70 bits per heavy atom. The van der Waals surface area contributed by atoms with Gasteiger partial charge in [0.05, 0.1) is 12.1 Å². The zero-order valence-electron chi connectivity index (χ0n) is 11.6. The van der Waals surface area contributed by atoms with Crippen LogP contribution < -0.4 is 5.73 Å². The van der Waals surface area contributed by atoms with Crippen molar-refractivity contribution in [1.82, 2.24) is 14.8 Å². The van der Waals surface area contributed by atoms with Crippen LogP contribution in [0.4, 0.5) is 5.69 Å². The average molecular weight is 274 g/mol. The number of nitrogens with two attached hydrogens (primary N) is 1. The van der Waals surface area contributed by atoms with E-state index in [0.29, 0.717) is 12.1 Å². The molecule has 0 aliphatic carbocycles. The number of benzene rings is 1. The van der Waals surface area contributed by atoms with E-state index in [4.69, 9.17) is 5.73 Å². The van der Waals surface area contributed by atoms with Gasteiger partial charge in [-0.25, -0.2) is 14.5 Å². The predicted octanol–water partition coefficient (Wildman–Crippen LogP) is 1.73. The lowest BCUT2D eigenvalue weighted by Crippen LogP contribution is -2.12. The van der Waals surface area contributed by atoms with Crippen LogP contribution in [0.15, 0.2) is 18.2 Å². The van der Waals surface area contributed by atoms with Gasteiger partial charge in [-0.05, 0) is 11.6 Å². The summed E-state index contributed by atoms with van der Waals surface area (Å²) in [6.07, 6.45) is 1.50. The van der Waals surface area contributed by atoms with Crippen LogP contribution in [0.2, 0.25) is 0 Å². The zero-order valence-corrected chi connectivity index (χ0v) is 11.6. The van der Waals surface area contributed by atoms with Gasteiger partial charge in [-0.2, -0.15) is 5.10 Å². The second-order valence-electron chi connectivity index (χ2n) is 4.50. The summed E-state index contributed by atoms with van der Waals surface area (Å²) in [6, 6.07) is 5.10. The molecule has 1 aromatic carbocycles. The summed E-state index contributed by atoms with van der Waals surface area (Å²) in [7, 11) is 0. The van der Waals surface area contributed by atoms with Crippen molar-refractivity contribution >= 4 is 11.7 Å². The van der Waals surface area contributed by atoms with Gasteiger partial charge in [-0.1, -0.05) is 26.0 Å². The number of nitrogens with zero attached hydrogens (tertiary/aromatic N) is 3. The first-order chi connectivity index (χ1) is 9.56. The lowest BCUT2D eigenvalue weighted by molar-refractivity contribution is 0.0696. The zero-order chi connectivity index (χ0) is 14.7. The van der Waals surface area contributed by atoms with Gasteiger partial charge in [0.25, 0.3) is 0 Å². The number of rotatable bonds is 5. The van der Waals surface area contributed by atoms with Crippen molar-refractivity contribution in [1.29, 1.82) is 0 Å². The second kappa shape index (κ2) is 5.73. The first-order valence-corrected chi connectivity index (χ1v) is 6.60. The molecule has 0 radical (unpaired) electrons. The summed E-state index contributed by atoms with van der Waals surface area (Å²) in [6.45, 7) is 4.35. The number of carboxylic acids is 1. The van der Waals surface area contributed by atoms with Crippen molar-refractivity contribution in [3.8, 4) is 0 Å². The fourth-order valence-corrected chi connectivity index (χ4v) is 2.14. The van der Waals surface area contributed by atoms with E-state index in [9.17, 15) is 9.90 Å². The predicted molar refractivity (Wildman–Crippen MR) is 75.7 cm³/mol. The monoisotopic (exact) mass is 274 g/mol. The molecule has 0 amide bonds. The third-order valence-electron chi connectivity index (χ3n) is 3.14. The largest absolute Gasteiger partial charge is 0.478 e. The van der Waals surface area contributed by atoms with Crippen molar-refractivity contribution in [2.75, 3.05) is 5.73 Å². The molecule has 0 bridgehead atoms. The number of hydrogen-bond acceptors (Lipinski definition) is 4. The van der Waals surface area contributed by atoms with E-state index in [1.165, 1.54) is 0 Å². The molecule has 2 rings (SSSR count). The standard InChI is InChI=1S/C14H18N4O2/c1-3-11-16-12(4-2)18(17-11)8-9-6-5-7-10(15)13(9)14(19)20/h5-7H,3-4,8,15H2,1-2H3,(H,19,20). The Bertz CT molecular complexity index is 634. The number of aryl methyl sites for hydroxylation is 2. The summed E-state index contributed by atoms with van der Waals surface area (Å²) in [5, 5.41) is 13.7. The molecule has 106 valence electrons. The first-order valence-electron chi connectivity index (χ1n) is 6.60. The number of aromatic nitrogens is 3. The van der Waals surface area contributed by atoms with Crippen molar-refractivity contribution in [3.63, 3.8) is 0 Å². The molecule has 0 aliphatic heterocycles. The van der Waals surface area contributed by atoms with E-state index >= 15 is 0 Å². The van der Waals surface area contributed by atoms with Gasteiger partial charge in [0.2, 0.25) is 0 Å². The molecular weight excluding hydrogens is 256 g/mol. The van der Waals surface area contributed by atoms with E-state index in [1.807, 2.05) is 13.8 Å². The van der Waals surface area contributed by atoms with E-state index in [2.05, 4.69) is 10.1 Å². The minimum Gasteiger partial charge on any atom is -0.478 e. The topological polar surface area (TPSA) is 94.0 Å². The molecule has 0 unspecified atom stereocenters. The quantitative estimate of drug-likeness (QED) is 0.810. The van der Waals surface area contributed by atoms with Crippen LogP contribution in [-0.2, 0) is 19.4 Å². The summed E-state index contributed by atoms with van der Waals surface area (Å²) in [5.74, 6) is 0.593. The molecule has 0 spiro atoms. The van der Waals surface area contributed by atoms with Crippen molar-refractivity contribution in [2.45, 2.75) is 33.2 Å². The SMILES string of the molecule is CCc1nc(CC)n(Cc2cccc(N)c2C(=O)O)n1. The van der Waals surface area contributed by atoms with Gasteiger partial charge in [0, 0.05) is 18.5 Å². The van der Waals surface area contributed by atoms with Crippen LogP contribution in [0.3, 0.4) is 0 Å². The van der Waals surface area contributed by atoms with E-state index < -0.39 is 5.97 Å². The van der Waals surface area contributed by atoms with Crippen molar-refractivity contribution in [3.05, 3.63) is 41.0 Å². The lowest BCUT2D eigenvalue weighted by Gasteiger charge is -2.10. The molecular formula is C14H18N4O2. The average Bonchev–Trinajstić information content (AvgIpc) is 2.80. The lowest BCUT2D eigenvalue weighted by atomic mass is 10.1. The molecule has 1 heterocycles. The minimum absolute atomic E-state index is 0.142. The normalized spacial score (nSPS) is 10.7. The maximum absolute atomic E-state index is 11.3. The molecule has 6 heteroatoms. The van der Waals surface area contributed by atoms with E-state index in [-0.39, 0.29) is 11.3 Å². The van der Waals surface area contributed by atoms with E-state index in [1.54, 1.807) is 22.9 Å². The number of carboxylic acid groups (broad SMARTS) is 1. The van der Waals surface area contributed by atoms with Gasteiger partial charge in [0.1, 0.15) is 5.82 Å². The smallest absolute Gasteiger partial charge is 0.338 e. The highest BCUT2D eigenvalue weighted by Gasteiger charge is 2.16. The molecule has 1 aromatic heterocycles. The van der Waals surface area contributed by atoms with Gasteiger partial charge in [-0.15, -0.1) is 0 Å². The minimum atomic E-state index is -1.02. The van der Waals surface area contributed by atoms with Gasteiger partial charge in [-0.3, -0.25) is 0 Å². The molecule has 0 saturated heterocycles. The van der Waals surface area contributed by atoms with Crippen molar-refractivity contribution < 1.29 is 9.90 Å². The van der Waals surface area contributed by atoms with Crippen LogP contribution in [0.5, 0.6) is 0 Å². The highest BCUT2D eigenvalue weighted by Crippen LogP contribution is 2.18. The third kappa shape index (κ3) is 2.64. The maximum Gasteiger partial charge on any atom is 0.338 e. The molecule has 0 aliphatic rings. The third-order valence-corrected chi connectivity index (χ3v) is 3.14. The van der Waals surface area contributed by atoms with Gasteiger partial charge in [0.15, 0.2) is 5.82 Å². The van der Waals surface area contributed by atoms with Crippen LogP contribution in [0, 0.1) is 0 Å². The highest BCUT2D eigenvalue weighted by atomic mass is 16.4. The Labute approximate surface area is 117 Å². The number of nitrogen functional groups attached to an aromatic ring is 1. The number of hydrogen-bond donors (Lipinski definition) is 2. The van der Waals surface area contributed by atoms with Gasteiger partial charge < -0.3 is 10.8 Å². The summed E-state index contributed by atoms with van der Waals surface area (Å²) >= 11 is 0. The van der Waals surface area contributed by atoms with Crippen LogP contribution in [-0.4, -0.2) is 25.8 Å². The van der Waals surface area contributed by atoms with Crippen LogP contribution in [0.25, 0.3) is 0 Å². The Balaban J connectivity index is 2.42. The highest BCUT2D eigenvalue weighted by molar-refractivity contribution is 5.95. The van der Waals surface area contributed by atoms with Crippen LogP contribution in [0.1, 0.15) is 41.4 Å². The Morgan fingerprint density at radius 1 is 1.35 bits per heavy atom. The number of aromatic carboxylic acids is 1. The molecule has 0 saturated carbocycles. The van der Waals surface area contributed by atoms with E-state index in [0.717, 1.165) is 24.5 Å². The first kappa shape index (κ1) is 14.0. The second-order valence-corrected chi connectivity index (χ2v) is 4.50. The summed E-state index contributed by atoms with van der Waals surface area (Å²) in [4.78, 5) is 15.7. The fraction of sp³-hybridized carbons (Fsp3) is 0.357. The Morgan fingerprint density at radius 2 is 2.10 bits per heavy atom. The number of anilines is 1. The summed E-state index contributed by atoms with van der Waals surface area (Å²) in [5.41, 5.74) is 6.80. The van der Waals surface area contributed by atoms with Crippen molar-refractivity contribution in [2.24, 2.45) is 0 Å². The molecule has 20 heavy (non-hydrogen) atoms. The Hall–Kier alpha value is -2.37. The van der Waals surface area contributed by atoms with Crippen LogP contribution >= 0.6 is 0 Å². The molecule has 2 aromatic rings. The molecule has 0 atom stereocenters. The van der Waals surface area contributed by atoms with Gasteiger partial charge >= 0.3 is 5.97 Å². The maximum atomic E-state index is 11.3. The molecule has 6 nitrogen and oxygen atoms in total. The molecule has 3 N–H and O–H groups in total. The Kier molecular flexibility index (Phi) is 4.02.